The lowest BCUT2D eigenvalue weighted by molar-refractivity contribution is -0.136. The van der Waals surface area contributed by atoms with Crippen molar-refractivity contribution >= 4 is 11.8 Å². The molecular formula is C23H28N4O3. The summed E-state index contributed by atoms with van der Waals surface area (Å²) in [5, 5.41) is 2.83. The quantitative estimate of drug-likeness (QED) is 0.786. The Labute approximate surface area is 176 Å². The molecule has 1 aliphatic heterocycles. The van der Waals surface area contributed by atoms with Crippen molar-refractivity contribution in [3.63, 3.8) is 0 Å². The number of nitrogens with zero attached hydrogens (tertiary/aromatic N) is 3. The molecule has 1 atom stereocenters. The van der Waals surface area contributed by atoms with E-state index in [0.717, 1.165) is 31.5 Å². The van der Waals surface area contributed by atoms with Gasteiger partial charge in [-0.3, -0.25) is 14.4 Å². The maximum Gasteiger partial charge on any atom is 0.263 e. The number of hydrogen-bond donors (Lipinski definition) is 1. The third kappa shape index (κ3) is 4.62. The fraction of sp³-hybridized carbons (Fsp3) is 0.435. The van der Waals surface area contributed by atoms with Crippen LogP contribution in [0.15, 0.2) is 53.5 Å². The van der Waals surface area contributed by atoms with Crippen LogP contribution < -0.4 is 10.9 Å². The maximum atomic E-state index is 13.2. The number of hydrogen-bond acceptors (Lipinski definition) is 4. The minimum Gasteiger partial charge on any atom is -0.352 e. The Morgan fingerprint density at radius 1 is 1.07 bits per heavy atom. The molecule has 2 heterocycles. The summed E-state index contributed by atoms with van der Waals surface area (Å²) < 4.78 is 1.34. The summed E-state index contributed by atoms with van der Waals surface area (Å²) >= 11 is 0. The molecule has 2 fully saturated rings. The molecule has 1 aromatic heterocycles. The number of rotatable bonds is 6. The fourth-order valence-electron chi connectivity index (χ4n) is 3.90. The zero-order chi connectivity index (χ0) is 21.1. The van der Waals surface area contributed by atoms with Gasteiger partial charge in [-0.1, -0.05) is 30.3 Å². The van der Waals surface area contributed by atoms with Gasteiger partial charge in [-0.15, -0.1) is 0 Å². The SMILES string of the molecule is CN1CCN(C(=O)Cn2cccc(C(=O)NCC3CC3)c2=O)[C@@H](c2ccccc2)C1. The molecule has 1 N–H and O–H groups in total. The van der Waals surface area contributed by atoms with Crippen LogP contribution in [-0.2, 0) is 11.3 Å². The van der Waals surface area contributed by atoms with Gasteiger partial charge in [0.2, 0.25) is 5.91 Å². The van der Waals surface area contributed by atoms with E-state index in [2.05, 4.69) is 10.2 Å². The summed E-state index contributed by atoms with van der Waals surface area (Å²) in [5.74, 6) is 0.0543. The number of likely N-dealkylation sites (N-methyl/N-ethyl adjacent to an activating group) is 1. The van der Waals surface area contributed by atoms with E-state index in [1.54, 1.807) is 12.3 Å². The summed E-state index contributed by atoms with van der Waals surface area (Å²) in [5.41, 5.74) is 0.742. The van der Waals surface area contributed by atoms with Gasteiger partial charge in [0.05, 0.1) is 6.04 Å². The summed E-state index contributed by atoms with van der Waals surface area (Å²) in [6.07, 6.45) is 3.83. The van der Waals surface area contributed by atoms with Gasteiger partial charge in [-0.05, 0) is 43.5 Å². The normalized spacial score (nSPS) is 19.5. The molecule has 158 valence electrons. The van der Waals surface area contributed by atoms with E-state index in [-0.39, 0.29) is 30.0 Å². The molecule has 2 amide bonds. The Hall–Kier alpha value is -2.93. The number of pyridine rings is 1. The molecule has 1 saturated heterocycles. The summed E-state index contributed by atoms with van der Waals surface area (Å²) in [6, 6.07) is 13.1. The van der Waals surface area contributed by atoms with Crippen LogP contribution in [0, 0.1) is 5.92 Å². The lowest BCUT2D eigenvalue weighted by atomic mass is 10.0. The van der Waals surface area contributed by atoms with Crippen molar-refractivity contribution in [2.24, 2.45) is 5.92 Å². The molecule has 2 aliphatic rings. The highest BCUT2D eigenvalue weighted by molar-refractivity contribution is 5.93. The highest BCUT2D eigenvalue weighted by Crippen LogP contribution is 2.27. The third-order valence-electron chi connectivity index (χ3n) is 5.91. The Bertz CT molecular complexity index is 968. The van der Waals surface area contributed by atoms with Crippen LogP contribution >= 0.6 is 0 Å². The van der Waals surface area contributed by atoms with Gasteiger partial charge in [0.15, 0.2) is 0 Å². The number of piperazine rings is 1. The number of benzene rings is 1. The van der Waals surface area contributed by atoms with E-state index < -0.39 is 5.56 Å². The van der Waals surface area contributed by atoms with Crippen LogP contribution in [0.2, 0.25) is 0 Å². The Morgan fingerprint density at radius 2 is 1.83 bits per heavy atom. The van der Waals surface area contributed by atoms with Crippen LogP contribution in [0.3, 0.4) is 0 Å². The van der Waals surface area contributed by atoms with E-state index in [1.807, 2.05) is 42.3 Å². The van der Waals surface area contributed by atoms with Crippen LogP contribution in [0.5, 0.6) is 0 Å². The highest BCUT2D eigenvalue weighted by atomic mass is 16.2. The molecule has 4 rings (SSSR count). The van der Waals surface area contributed by atoms with E-state index in [4.69, 9.17) is 0 Å². The van der Waals surface area contributed by atoms with Gasteiger partial charge < -0.3 is 19.7 Å². The zero-order valence-electron chi connectivity index (χ0n) is 17.3. The molecule has 0 unspecified atom stereocenters. The molecule has 0 bridgehead atoms. The average Bonchev–Trinajstić information content (AvgIpc) is 3.58. The lowest BCUT2D eigenvalue weighted by Crippen LogP contribution is -2.50. The van der Waals surface area contributed by atoms with Gasteiger partial charge in [0.25, 0.3) is 11.5 Å². The molecule has 0 spiro atoms. The van der Waals surface area contributed by atoms with E-state index in [1.165, 1.54) is 10.6 Å². The molecule has 1 saturated carbocycles. The van der Waals surface area contributed by atoms with Gasteiger partial charge in [-0.25, -0.2) is 0 Å². The second kappa shape index (κ2) is 8.83. The number of amides is 2. The number of carbonyl (C=O) groups is 2. The molecular weight excluding hydrogens is 380 g/mol. The van der Waals surface area contributed by atoms with Crippen LogP contribution in [-0.4, -0.2) is 59.4 Å². The molecule has 2 aromatic rings. The monoisotopic (exact) mass is 408 g/mol. The predicted octanol–water partition coefficient (Wildman–Crippen LogP) is 1.50. The first-order valence-electron chi connectivity index (χ1n) is 10.5. The van der Waals surface area contributed by atoms with Crippen molar-refractivity contribution < 1.29 is 9.59 Å². The van der Waals surface area contributed by atoms with Crippen molar-refractivity contribution in [3.8, 4) is 0 Å². The Morgan fingerprint density at radius 3 is 2.57 bits per heavy atom. The van der Waals surface area contributed by atoms with E-state index >= 15 is 0 Å². The standard InChI is InChI=1S/C23H28N4O3/c1-25-12-13-27(20(15-25)18-6-3-2-4-7-18)21(28)16-26-11-5-8-19(23(26)30)22(29)24-14-17-9-10-17/h2-8,11,17,20H,9-10,12-16H2,1H3,(H,24,29)/t20-/m1/s1. The number of carbonyl (C=O) groups excluding carboxylic acids is 2. The number of nitrogens with one attached hydrogen (secondary N) is 1. The molecule has 30 heavy (non-hydrogen) atoms. The molecule has 1 aliphatic carbocycles. The van der Waals surface area contributed by atoms with Gasteiger partial charge in [0, 0.05) is 32.4 Å². The van der Waals surface area contributed by atoms with Crippen LogP contribution in [0.1, 0.15) is 34.8 Å². The van der Waals surface area contributed by atoms with Crippen molar-refractivity contribution in [1.82, 2.24) is 19.7 Å². The first kappa shape index (κ1) is 20.3. The zero-order valence-corrected chi connectivity index (χ0v) is 17.3. The van der Waals surface area contributed by atoms with Crippen molar-refractivity contribution in [3.05, 3.63) is 70.1 Å². The largest absolute Gasteiger partial charge is 0.352 e. The predicted molar refractivity (Wildman–Crippen MR) is 114 cm³/mol. The average molecular weight is 409 g/mol. The minimum absolute atomic E-state index is 0.0572. The first-order chi connectivity index (χ1) is 14.5. The topological polar surface area (TPSA) is 74.7 Å². The van der Waals surface area contributed by atoms with Gasteiger partial charge in [0.1, 0.15) is 12.1 Å². The number of aromatic nitrogens is 1. The second-order valence-corrected chi connectivity index (χ2v) is 8.28. The smallest absolute Gasteiger partial charge is 0.263 e. The van der Waals surface area contributed by atoms with Crippen LogP contribution in [0.25, 0.3) is 0 Å². The fourth-order valence-corrected chi connectivity index (χ4v) is 3.90. The van der Waals surface area contributed by atoms with Gasteiger partial charge >= 0.3 is 0 Å². The van der Waals surface area contributed by atoms with Crippen molar-refractivity contribution in [2.45, 2.75) is 25.4 Å². The molecule has 7 nitrogen and oxygen atoms in total. The summed E-state index contributed by atoms with van der Waals surface area (Å²) in [7, 11) is 2.05. The van der Waals surface area contributed by atoms with E-state index in [0.29, 0.717) is 19.0 Å². The maximum absolute atomic E-state index is 13.2. The highest BCUT2D eigenvalue weighted by Gasteiger charge is 2.30. The Balaban J connectivity index is 1.50. The van der Waals surface area contributed by atoms with Gasteiger partial charge in [-0.2, -0.15) is 0 Å². The van der Waals surface area contributed by atoms with Crippen LogP contribution in [0.4, 0.5) is 0 Å². The van der Waals surface area contributed by atoms with E-state index in [9.17, 15) is 14.4 Å². The molecule has 1 aromatic carbocycles. The summed E-state index contributed by atoms with van der Waals surface area (Å²) in [4.78, 5) is 42.4. The third-order valence-corrected chi connectivity index (χ3v) is 5.91. The van der Waals surface area contributed by atoms with Crippen molar-refractivity contribution in [1.29, 1.82) is 0 Å². The second-order valence-electron chi connectivity index (χ2n) is 8.28. The molecule has 0 radical (unpaired) electrons. The first-order valence-corrected chi connectivity index (χ1v) is 10.5. The van der Waals surface area contributed by atoms with Crippen molar-refractivity contribution in [2.75, 3.05) is 33.2 Å². The Kier molecular flexibility index (Phi) is 5.99. The summed E-state index contributed by atoms with van der Waals surface area (Å²) in [6.45, 7) is 2.66. The lowest BCUT2D eigenvalue weighted by Gasteiger charge is -2.40. The minimum atomic E-state index is -0.426. The molecule has 7 heteroatoms.